The molecule has 0 aromatic heterocycles. The van der Waals surface area contributed by atoms with Gasteiger partial charge >= 0.3 is 6.03 Å². The molecular weight excluding hydrogens is 208 g/mol. The third kappa shape index (κ3) is 6.63. The molecule has 2 amide bonds. The van der Waals surface area contributed by atoms with Crippen LogP contribution in [0.15, 0.2) is 0 Å². The van der Waals surface area contributed by atoms with Crippen molar-refractivity contribution in [3.63, 3.8) is 0 Å². The molecule has 0 bridgehead atoms. The van der Waals surface area contributed by atoms with Crippen molar-refractivity contribution in [1.82, 2.24) is 10.2 Å². The van der Waals surface area contributed by atoms with Gasteiger partial charge in [-0.25, -0.2) is 4.79 Å². The largest absolute Gasteiger partial charge is 0.389 e. The number of rotatable bonds is 6. The van der Waals surface area contributed by atoms with Gasteiger partial charge in [0.2, 0.25) is 0 Å². The van der Waals surface area contributed by atoms with Crippen molar-refractivity contribution in [2.45, 2.75) is 39.3 Å². The Labute approximate surface area is 97.8 Å². The van der Waals surface area contributed by atoms with Gasteiger partial charge in [0.1, 0.15) is 0 Å². The third-order valence-electron chi connectivity index (χ3n) is 2.02. The number of methoxy groups -OCH3 is 1. The van der Waals surface area contributed by atoms with Crippen LogP contribution in [0.2, 0.25) is 0 Å². The van der Waals surface area contributed by atoms with Crippen LogP contribution >= 0.6 is 0 Å². The van der Waals surface area contributed by atoms with E-state index in [4.69, 9.17) is 4.74 Å². The fourth-order valence-electron chi connectivity index (χ4n) is 1.27. The molecule has 5 nitrogen and oxygen atoms in total. The zero-order valence-electron chi connectivity index (χ0n) is 10.9. The summed E-state index contributed by atoms with van der Waals surface area (Å²) in [7, 11) is 1.59. The standard InChI is InChI=1S/C11H24N2O3/c1-9(2)13(8-11(3,4)15)10(14)12-6-7-16-5/h9,15H,6-8H2,1-5H3,(H,12,14). The molecule has 16 heavy (non-hydrogen) atoms. The molecule has 0 rings (SSSR count). The topological polar surface area (TPSA) is 61.8 Å². The Morgan fingerprint density at radius 1 is 1.50 bits per heavy atom. The van der Waals surface area contributed by atoms with E-state index >= 15 is 0 Å². The zero-order chi connectivity index (χ0) is 12.8. The minimum Gasteiger partial charge on any atom is -0.389 e. The highest BCUT2D eigenvalue weighted by molar-refractivity contribution is 5.74. The molecule has 0 aromatic carbocycles. The summed E-state index contributed by atoms with van der Waals surface area (Å²) in [4.78, 5) is 13.4. The molecular formula is C11H24N2O3. The molecule has 0 aliphatic carbocycles. The normalized spacial score (nSPS) is 11.7. The number of nitrogens with one attached hydrogen (secondary N) is 1. The number of carbonyl (C=O) groups is 1. The van der Waals surface area contributed by atoms with Gasteiger partial charge in [-0.1, -0.05) is 0 Å². The van der Waals surface area contributed by atoms with Crippen LogP contribution in [-0.4, -0.2) is 54.5 Å². The highest BCUT2D eigenvalue weighted by Crippen LogP contribution is 2.08. The zero-order valence-corrected chi connectivity index (χ0v) is 10.9. The van der Waals surface area contributed by atoms with E-state index in [1.807, 2.05) is 13.8 Å². The highest BCUT2D eigenvalue weighted by Gasteiger charge is 2.24. The van der Waals surface area contributed by atoms with Crippen LogP contribution in [0.25, 0.3) is 0 Å². The van der Waals surface area contributed by atoms with E-state index < -0.39 is 5.60 Å². The van der Waals surface area contributed by atoms with Crippen LogP contribution in [0.5, 0.6) is 0 Å². The monoisotopic (exact) mass is 232 g/mol. The van der Waals surface area contributed by atoms with Crippen LogP contribution < -0.4 is 5.32 Å². The van der Waals surface area contributed by atoms with Crippen molar-refractivity contribution < 1.29 is 14.6 Å². The number of hydrogen-bond acceptors (Lipinski definition) is 3. The first-order valence-corrected chi connectivity index (χ1v) is 5.53. The van der Waals surface area contributed by atoms with E-state index in [1.54, 1.807) is 25.9 Å². The van der Waals surface area contributed by atoms with Crippen molar-refractivity contribution in [1.29, 1.82) is 0 Å². The van der Waals surface area contributed by atoms with Gasteiger partial charge in [0.25, 0.3) is 0 Å². The maximum Gasteiger partial charge on any atom is 0.317 e. The molecule has 0 aliphatic heterocycles. The van der Waals surface area contributed by atoms with Crippen molar-refractivity contribution in [2.75, 3.05) is 26.8 Å². The number of aliphatic hydroxyl groups is 1. The maximum absolute atomic E-state index is 11.8. The number of amides is 2. The molecule has 0 atom stereocenters. The quantitative estimate of drug-likeness (QED) is 0.667. The maximum atomic E-state index is 11.8. The lowest BCUT2D eigenvalue weighted by Gasteiger charge is -2.32. The Morgan fingerprint density at radius 2 is 2.06 bits per heavy atom. The first-order valence-electron chi connectivity index (χ1n) is 5.53. The highest BCUT2D eigenvalue weighted by atomic mass is 16.5. The summed E-state index contributed by atoms with van der Waals surface area (Å²) in [5, 5.41) is 12.4. The summed E-state index contributed by atoms with van der Waals surface area (Å²) in [5.74, 6) is 0. The Balaban J connectivity index is 4.25. The fraction of sp³-hybridized carbons (Fsp3) is 0.909. The van der Waals surface area contributed by atoms with Gasteiger partial charge in [0.15, 0.2) is 0 Å². The first-order chi connectivity index (χ1) is 7.28. The van der Waals surface area contributed by atoms with Crippen molar-refractivity contribution in [2.24, 2.45) is 0 Å². The molecule has 0 fully saturated rings. The van der Waals surface area contributed by atoms with Gasteiger partial charge in [0, 0.05) is 19.7 Å². The van der Waals surface area contributed by atoms with E-state index in [1.165, 1.54) is 0 Å². The molecule has 0 aliphatic rings. The fourth-order valence-corrected chi connectivity index (χ4v) is 1.27. The molecule has 0 unspecified atom stereocenters. The van der Waals surface area contributed by atoms with Crippen LogP contribution in [0, 0.1) is 0 Å². The van der Waals surface area contributed by atoms with Crippen LogP contribution in [0.4, 0.5) is 4.79 Å². The molecule has 0 spiro atoms. The Morgan fingerprint density at radius 3 is 2.44 bits per heavy atom. The predicted octanol–water partition coefficient (Wildman–Crippen LogP) is 0.824. The predicted molar refractivity (Wildman–Crippen MR) is 63.4 cm³/mol. The summed E-state index contributed by atoms with van der Waals surface area (Å²) in [6.07, 6.45) is 0. The number of urea groups is 1. The second kappa shape index (κ2) is 6.70. The van der Waals surface area contributed by atoms with Crippen molar-refractivity contribution in [3.05, 3.63) is 0 Å². The summed E-state index contributed by atoms with van der Waals surface area (Å²) in [5.41, 5.74) is -0.886. The lowest BCUT2D eigenvalue weighted by atomic mass is 10.1. The lowest BCUT2D eigenvalue weighted by Crippen LogP contribution is -2.50. The molecule has 0 heterocycles. The van der Waals surface area contributed by atoms with Crippen molar-refractivity contribution in [3.8, 4) is 0 Å². The van der Waals surface area contributed by atoms with Gasteiger partial charge in [-0.15, -0.1) is 0 Å². The molecule has 0 saturated heterocycles. The SMILES string of the molecule is COCCNC(=O)N(CC(C)(C)O)C(C)C. The van der Waals surface area contributed by atoms with Gasteiger partial charge in [-0.05, 0) is 27.7 Å². The molecule has 96 valence electrons. The number of ether oxygens (including phenoxy) is 1. The Kier molecular flexibility index (Phi) is 6.36. The first kappa shape index (κ1) is 15.2. The minimum absolute atomic E-state index is 0.0500. The van der Waals surface area contributed by atoms with Crippen LogP contribution in [-0.2, 0) is 4.74 Å². The van der Waals surface area contributed by atoms with E-state index in [0.29, 0.717) is 19.7 Å². The Bertz CT molecular complexity index is 212. The molecule has 0 radical (unpaired) electrons. The molecule has 0 aromatic rings. The van der Waals surface area contributed by atoms with E-state index in [0.717, 1.165) is 0 Å². The van der Waals surface area contributed by atoms with E-state index in [2.05, 4.69) is 5.32 Å². The van der Waals surface area contributed by atoms with Crippen molar-refractivity contribution >= 4 is 6.03 Å². The van der Waals surface area contributed by atoms with Crippen LogP contribution in [0.3, 0.4) is 0 Å². The van der Waals surface area contributed by atoms with E-state index in [-0.39, 0.29) is 12.1 Å². The average Bonchev–Trinajstić information content (AvgIpc) is 2.12. The Hall–Kier alpha value is -0.810. The number of carbonyl (C=O) groups excluding carboxylic acids is 1. The van der Waals surface area contributed by atoms with Gasteiger partial charge in [0.05, 0.1) is 18.8 Å². The molecule has 2 N–H and O–H groups in total. The summed E-state index contributed by atoms with van der Waals surface area (Å²) in [6.45, 7) is 8.48. The van der Waals surface area contributed by atoms with Gasteiger partial charge in [-0.2, -0.15) is 0 Å². The summed E-state index contributed by atoms with van der Waals surface area (Å²) in [6, 6.07) is -0.122. The molecule has 5 heteroatoms. The summed E-state index contributed by atoms with van der Waals surface area (Å²) < 4.78 is 4.85. The number of hydrogen-bond donors (Lipinski definition) is 2. The lowest BCUT2D eigenvalue weighted by molar-refractivity contribution is 0.0385. The average molecular weight is 232 g/mol. The number of nitrogens with zero attached hydrogens (tertiary/aromatic N) is 1. The third-order valence-corrected chi connectivity index (χ3v) is 2.02. The second-order valence-electron chi connectivity index (χ2n) is 4.76. The second-order valence-corrected chi connectivity index (χ2v) is 4.76. The molecule has 0 saturated carbocycles. The van der Waals surface area contributed by atoms with Crippen LogP contribution in [0.1, 0.15) is 27.7 Å². The summed E-state index contributed by atoms with van der Waals surface area (Å²) >= 11 is 0. The smallest absolute Gasteiger partial charge is 0.317 e. The van der Waals surface area contributed by atoms with Gasteiger partial charge < -0.3 is 20.1 Å². The van der Waals surface area contributed by atoms with E-state index in [9.17, 15) is 9.90 Å². The minimum atomic E-state index is -0.886. The van der Waals surface area contributed by atoms with Gasteiger partial charge in [-0.3, -0.25) is 0 Å².